The Bertz CT molecular complexity index is 419. The Morgan fingerprint density at radius 2 is 2.36 bits per heavy atom. The molecule has 0 fully saturated rings. The van der Waals surface area contributed by atoms with Crippen LogP contribution in [-0.2, 0) is 13.1 Å². The lowest BCUT2D eigenvalue weighted by atomic mass is 10.5. The summed E-state index contributed by atoms with van der Waals surface area (Å²) in [5.74, 6) is 0.495. The molecule has 0 spiro atoms. The van der Waals surface area contributed by atoms with Gasteiger partial charge in [-0.15, -0.1) is 5.10 Å². The highest BCUT2D eigenvalue weighted by Gasteiger charge is 2.05. The lowest BCUT2D eigenvalue weighted by Gasteiger charge is -1.91. The molecule has 0 saturated carbocycles. The molecule has 0 atom stereocenters. The first-order valence-electron chi connectivity index (χ1n) is 3.95. The van der Waals surface area contributed by atoms with Crippen molar-refractivity contribution in [3.63, 3.8) is 0 Å². The predicted octanol–water partition coefficient (Wildman–Crippen LogP) is -1.25. The molecule has 4 N–H and O–H groups in total. The zero-order valence-corrected chi connectivity index (χ0v) is 7.29. The van der Waals surface area contributed by atoms with Crippen LogP contribution in [0.15, 0.2) is 10.7 Å². The van der Waals surface area contributed by atoms with Gasteiger partial charge in [0.15, 0.2) is 0 Å². The Kier molecular flexibility index (Phi) is 2.11. The van der Waals surface area contributed by atoms with E-state index in [0.717, 1.165) is 0 Å². The molecule has 2 heterocycles. The van der Waals surface area contributed by atoms with Crippen LogP contribution in [-0.4, -0.2) is 25.1 Å². The second-order valence-corrected chi connectivity index (χ2v) is 2.66. The van der Waals surface area contributed by atoms with Crippen LogP contribution >= 0.6 is 0 Å². The van der Waals surface area contributed by atoms with Gasteiger partial charge in [-0.1, -0.05) is 5.21 Å². The first-order valence-corrected chi connectivity index (χ1v) is 3.95. The zero-order valence-electron chi connectivity index (χ0n) is 7.29. The fraction of sp³-hybridized carbons (Fsp3) is 0.333. The van der Waals surface area contributed by atoms with Crippen LogP contribution in [0.4, 0.5) is 5.95 Å². The Morgan fingerprint density at radius 3 is 2.93 bits per heavy atom. The van der Waals surface area contributed by atoms with E-state index in [4.69, 9.17) is 16.0 Å². The average molecular weight is 195 g/mol. The highest BCUT2D eigenvalue weighted by Crippen LogP contribution is 2.00. The number of nitrogens with zero attached hydrogens (tertiary/aromatic N) is 5. The van der Waals surface area contributed by atoms with Crippen molar-refractivity contribution in [3.05, 3.63) is 17.8 Å². The van der Waals surface area contributed by atoms with Gasteiger partial charge in [-0.2, -0.15) is 4.98 Å². The van der Waals surface area contributed by atoms with E-state index in [1.165, 1.54) is 0 Å². The molecule has 0 aliphatic carbocycles. The first kappa shape index (κ1) is 8.63. The Morgan fingerprint density at radius 1 is 1.50 bits per heavy atom. The molecule has 74 valence electrons. The average Bonchev–Trinajstić information content (AvgIpc) is 2.76. The Labute approximate surface area is 78.9 Å². The van der Waals surface area contributed by atoms with Crippen LogP contribution < -0.4 is 11.5 Å². The molecule has 8 nitrogen and oxygen atoms in total. The molecule has 0 aromatic carbocycles. The summed E-state index contributed by atoms with van der Waals surface area (Å²) in [4.78, 5) is 3.82. The van der Waals surface area contributed by atoms with Crippen LogP contribution in [0.3, 0.4) is 0 Å². The molecule has 0 bridgehead atoms. The quantitative estimate of drug-likeness (QED) is 0.627. The summed E-state index contributed by atoms with van der Waals surface area (Å²) in [5, 5.41) is 11.1. The summed E-state index contributed by atoms with van der Waals surface area (Å²) in [7, 11) is 0. The molecule has 0 unspecified atom stereocenters. The van der Waals surface area contributed by atoms with Crippen LogP contribution in [0.2, 0.25) is 0 Å². The maximum atomic E-state index is 5.37. The van der Waals surface area contributed by atoms with Gasteiger partial charge in [0.1, 0.15) is 6.54 Å². The minimum absolute atomic E-state index is 0.110. The molecule has 2 aromatic rings. The smallest absolute Gasteiger partial charge is 0.260 e. The minimum atomic E-state index is 0.110. The predicted molar refractivity (Wildman–Crippen MR) is 45.7 cm³/mol. The largest absolute Gasteiger partial charge is 0.365 e. The third-order valence-corrected chi connectivity index (χ3v) is 1.58. The van der Waals surface area contributed by atoms with Gasteiger partial charge >= 0.3 is 0 Å². The van der Waals surface area contributed by atoms with Crippen molar-refractivity contribution in [1.82, 2.24) is 25.1 Å². The van der Waals surface area contributed by atoms with E-state index < -0.39 is 0 Å². The molecule has 8 heteroatoms. The first-order chi connectivity index (χ1) is 6.78. The van der Waals surface area contributed by atoms with Crippen LogP contribution in [0, 0.1) is 0 Å². The topological polar surface area (TPSA) is 122 Å². The van der Waals surface area contributed by atoms with E-state index in [9.17, 15) is 0 Å². The van der Waals surface area contributed by atoms with E-state index in [0.29, 0.717) is 24.7 Å². The zero-order chi connectivity index (χ0) is 9.97. The van der Waals surface area contributed by atoms with Gasteiger partial charge in [-0.05, 0) is 5.16 Å². The third kappa shape index (κ3) is 1.69. The number of aromatic nitrogens is 5. The molecule has 14 heavy (non-hydrogen) atoms. The summed E-state index contributed by atoms with van der Waals surface area (Å²) in [6, 6.07) is 0. The van der Waals surface area contributed by atoms with Crippen molar-refractivity contribution >= 4 is 5.95 Å². The Hall–Kier alpha value is -1.96. The van der Waals surface area contributed by atoms with Crippen molar-refractivity contribution in [3.8, 4) is 0 Å². The highest BCUT2D eigenvalue weighted by molar-refractivity contribution is 5.10. The van der Waals surface area contributed by atoms with Crippen molar-refractivity contribution in [2.24, 2.45) is 5.73 Å². The summed E-state index contributed by atoms with van der Waals surface area (Å²) in [5.41, 5.74) is 11.4. The maximum Gasteiger partial charge on any atom is 0.260 e. The molecule has 0 amide bonds. The van der Waals surface area contributed by atoms with Gasteiger partial charge < -0.3 is 16.0 Å². The number of anilines is 1. The summed E-state index contributed by atoms with van der Waals surface area (Å²) < 4.78 is 6.36. The minimum Gasteiger partial charge on any atom is -0.365 e. The van der Waals surface area contributed by atoms with Gasteiger partial charge in [0.2, 0.25) is 5.89 Å². The molecular weight excluding hydrogens is 186 g/mol. The third-order valence-electron chi connectivity index (χ3n) is 1.58. The molecule has 0 aliphatic rings. The molecule has 0 saturated heterocycles. The van der Waals surface area contributed by atoms with Crippen LogP contribution in [0.5, 0.6) is 0 Å². The monoisotopic (exact) mass is 195 g/mol. The second kappa shape index (κ2) is 3.42. The van der Waals surface area contributed by atoms with Gasteiger partial charge in [0, 0.05) is 6.54 Å². The van der Waals surface area contributed by atoms with E-state index in [1.54, 1.807) is 10.9 Å². The van der Waals surface area contributed by atoms with Crippen molar-refractivity contribution in [2.75, 3.05) is 5.73 Å². The lowest BCUT2D eigenvalue weighted by molar-refractivity contribution is 0.365. The van der Waals surface area contributed by atoms with Crippen LogP contribution in [0.1, 0.15) is 11.6 Å². The van der Waals surface area contributed by atoms with Gasteiger partial charge in [-0.3, -0.25) is 0 Å². The summed E-state index contributed by atoms with van der Waals surface area (Å²) in [6.45, 7) is 0.698. The van der Waals surface area contributed by atoms with Crippen molar-refractivity contribution in [2.45, 2.75) is 13.1 Å². The van der Waals surface area contributed by atoms with E-state index >= 15 is 0 Å². The normalized spacial score (nSPS) is 10.6. The van der Waals surface area contributed by atoms with Crippen molar-refractivity contribution in [1.29, 1.82) is 0 Å². The van der Waals surface area contributed by atoms with E-state index in [-0.39, 0.29) is 5.95 Å². The van der Waals surface area contributed by atoms with Gasteiger partial charge in [0.25, 0.3) is 5.95 Å². The SMILES string of the molecule is NCc1cn(Cc2nc(N)no2)nn1. The number of nitrogen functional groups attached to an aromatic ring is 1. The van der Waals surface area contributed by atoms with Crippen LogP contribution in [0.25, 0.3) is 0 Å². The maximum absolute atomic E-state index is 5.37. The Balaban J connectivity index is 2.10. The van der Waals surface area contributed by atoms with Crippen molar-refractivity contribution < 1.29 is 4.52 Å². The summed E-state index contributed by atoms with van der Waals surface area (Å²) >= 11 is 0. The molecule has 2 rings (SSSR count). The number of nitrogens with two attached hydrogens (primary N) is 2. The fourth-order valence-corrected chi connectivity index (χ4v) is 0.980. The summed E-state index contributed by atoms with van der Waals surface area (Å²) in [6.07, 6.45) is 1.71. The van der Waals surface area contributed by atoms with Gasteiger partial charge in [0.05, 0.1) is 11.9 Å². The van der Waals surface area contributed by atoms with E-state index in [1.807, 2.05) is 0 Å². The second-order valence-electron chi connectivity index (χ2n) is 2.66. The molecule has 0 radical (unpaired) electrons. The molecule has 2 aromatic heterocycles. The van der Waals surface area contributed by atoms with E-state index in [2.05, 4.69) is 20.5 Å². The fourth-order valence-electron chi connectivity index (χ4n) is 0.980. The highest BCUT2D eigenvalue weighted by atomic mass is 16.5. The number of hydrogen-bond acceptors (Lipinski definition) is 7. The van der Waals surface area contributed by atoms with Gasteiger partial charge in [-0.25, -0.2) is 4.68 Å². The molecular formula is C6H9N7O. The standard InChI is InChI=1S/C6H9N7O/c7-1-4-2-13(12-10-4)3-5-9-6(8)11-14-5/h2H,1,3,7H2,(H2,8,11). The molecule has 0 aliphatic heterocycles. The number of hydrogen-bond donors (Lipinski definition) is 2. The number of rotatable bonds is 3. The lowest BCUT2D eigenvalue weighted by Crippen LogP contribution is -2.01.